The molecule has 1 aliphatic rings. The van der Waals surface area contributed by atoms with Crippen molar-refractivity contribution >= 4 is 5.97 Å². The molecule has 0 radical (unpaired) electrons. The number of carbonyl (C=O) groups is 1. The molecule has 0 spiro atoms. The van der Waals surface area contributed by atoms with Gasteiger partial charge in [0.05, 0.1) is 5.69 Å². The quantitative estimate of drug-likeness (QED) is 0.651. The van der Waals surface area contributed by atoms with Crippen LogP contribution in [0.25, 0.3) is 0 Å². The maximum Gasteiger partial charge on any atom is 0.354 e. The summed E-state index contributed by atoms with van der Waals surface area (Å²) in [6.07, 6.45) is 1.57. The Bertz CT molecular complexity index is 370. The second-order valence-electron chi connectivity index (χ2n) is 3.45. The van der Waals surface area contributed by atoms with Crippen molar-refractivity contribution in [3.63, 3.8) is 0 Å². The Balaban J connectivity index is 2.49. The average molecular weight is 195 g/mol. The minimum absolute atomic E-state index is 0.337. The smallest absolute Gasteiger partial charge is 0.354 e. The van der Waals surface area contributed by atoms with E-state index < -0.39 is 5.97 Å². The van der Waals surface area contributed by atoms with Crippen LogP contribution in [-0.2, 0) is 19.9 Å². The Morgan fingerprint density at radius 3 is 2.93 bits per heavy atom. The molecule has 0 aromatic carbocycles. The summed E-state index contributed by atoms with van der Waals surface area (Å²) in [7, 11) is 1.69. The van der Waals surface area contributed by atoms with E-state index in [9.17, 15) is 4.79 Å². The first-order valence-electron chi connectivity index (χ1n) is 4.69. The first-order valence-corrected chi connectivity index (χ1v) is 4.69. The molecule has 0 saturated carbocycles. The van der Waals surface area contributed by atoms with Gasteiger partial charge in [0, 0.05) is 25.6 Å². The van der Waals surface area contributed by atoms with E-state index >= 15 is 0 Å². The van der Waals surface area contributed by atoms with Gasteiger partial charge < -0.3 is 10.4 Å². The van der Waals surface area contributed by atoms with Crippen LogP contribution in [0.3, 0.4) is 0 Å². The minimum atomic E-state index is -0.886. The predicted molar refractivity (Wildman–Crippen MR) is 50.4 cm³/mol. The number of carboxylic acids is 1. The van der Waals surface area contributed by atoms with Gasteiger partial charge in [-0.2, -0.15) is 5.10 Å². The zero-order valence-corrected chi connectivity index (χ0v) is 8.08. The zero-order chi connectivity index (χ0) is 10.1. The van der Waals surface area contributed by atoms with Crippen LogP contribution in [0.2, 0.25) is 0 Å². The molecule has 2 N–H and O–H groups in total. The molecule has 1 aromatic rings. The summed E-state index contributed by atoms with van der Waals surface area (Å²) >= 11 is 0. The third kappa shape index (κ3) is 1.39. The van der Waals surface area contributed by atoms with Crippen LogP contribution >= 0.6 is 0 Å². The van der Waals surface area contributed by atoms with Crippen LogP contribution in [0.5, 0.6) is 0 Å². The molecule has 2 heterocycles. The summed E-state index contributed by atoms with van der Waals surface area (Å²) in [6, 6.07) is 0. The van der Waals surface area contributed by atoms with Gasteiger partial charge in [-0.3, -0.25) is 4.68 Å². The number of nitrogens with zero attached hydrogens (tertiary/aromatic N) is 2. The monoisotopic (exact) mass is 195 g/mol. The van der Waals surface area contributed by atoms with Gasteiger partial charge in [0.1, 0.15) is 5.69 Å². The van der Waals surface area contributed by atoms with E-state index in [4.69, 9.17) is 5.11 Å². The van der Waals surface area contributed by atoms with Crippen LogP contribution in [-0.4, -0.2) is 33.9 Å². The summed E-state index contributed by atoms with van der Waals surface area (Å²) in [5.41, 5.74) is 2.16. The van der Waals surface area contributed by atoms with Crippen molar-refractivity contribution in [2.45, 2.75) is 12.8 Å². The molecule has 0 saturated heterocycles. The lowest BCUT2D eigenvalue weighted by Crippen LogP contribution is -2.18. The molecule has 1 aromatic heterocycles. The molecule has 76 valence electrons. The maximum absolute atomic E-state index is 11.0. The lowest BCUT2D eigenvalue weighted by molar-refractivity contribution is 0.0684. The molecule has 5 nitrogen and oxygen atoms in total. The molecular weight excluding hydrogens is 182 g/mol. The molecule has 0 fully saturated rings. The molecule has 14 heavy (non-hydrogen) atoms. The Kier molecular flexibility index (Phi) is 2.25. The van der Waals surface area contributed by atoms with E-state index in [-0.39, 0.29) is 0 Å². The average Bonchev–Trinajstić information content (AvgIpc) is 2.31. The van der Waals surface area contributed by atoms with Gasteiger partial charge >= 0.3 is 5.97 Å². The Morgan fingerprint density at radius 2 is 2.21 bits per heavy atom. The number of aromatic nitrogens is 2. The van der Waals surface area contributed by atoms with Crippen molar-refractivity contribution in [3.8, 4) is 0 Å². The fraction of sp³-hybridized carbons (Fsp3) is 0.556. The number of hydrogen-bond acceptors (Lipinski definition) is 3. The van der Waals surface area contributed by atoms with E-state index in [1.807, 2.05) is 0 Å². The van der Waals surface area contributed by atoms with E-state index in [0.29, 0.717) is 5.69 Å². The largest absolute Gasteiger partial charge is 0.477 e. The number of hydrogen-bond donors (Lipinski definition) is 2. The van der Waals surface area contributed by atoms with Crippen LogP contribution in [0.15, 0.2) is 0 Å². The summed E-state index contributed by atoms with van der Waals surface area (Å²) in [4.78, 5) is 11.0. The molecule has 0 amide bonds. The van der Waals surface area contributed by atoms with Gasteiger partial charge in [-0.05, 0) is 13.0 Å². The Morgan fingerprint density at radius 1 is 1.50 bits per heavy atom. The first-order chi connectivity index (χ1) is 6.70. The SMILES string of the molecule is Cn1nc2c(c1C(=O)O)CCNCC2. The van der Waals surface area contributed by atoms with Crippen LogP contribution in [0.4, 0.5) is 0 Å². The normalized spacial score (nSPS) is 16.1. The number of aryl methyl sites for hydroxylation is 1. The highest BCUT2D eigenvalue weighted by molar-refractivity contribution is 5.87. The number of fused-ring (bicyclic) bond motifs is 1. The number of carboxylic acid groups (broad SMARTS) is 1. The second kappa shape index (κ2) is 3.42. The maximum atomic E-state index is 11.0. The van der Waals surface area contributed by atoms with Gasteiger partial charge in [0.2, 0.25) is 0 Å². The molecule has 0 atom stereocenters. The van der Waals surface area contributed by atoms with Crippen molar-refractivity contribution in [1.29, 1.82) is 0 Å². The van der Waals surface area contributed by atoms with Crippen LogP contribution in [0.1, 0.15) is 21.7 Å². The van der Waals surface area contributed by atoms with Crippen molar-refractivity contribution in [2.24, 2.45) is 7.05 Å². The highest BCUT2D eigenvalue weighted by Gasteiger charge is 2.21. The fourth-order valence-corrected chi connectivity index (χ4v) is 1.90. The van der Waals surface area contributed by atoms with E-state index in [2.05, 4.69) is 10.4 Å². The van der Waals surface area contributed by atoms with E-state index in [0.717, 1.165) is 37.2 Å². The summed E-state index contributed by atoms with van der Waals surface area (Å²) in [5.74, 6) is -0.886. The molecule has 0 unspecified atom stereocenters. The van der Waals surface area contributed by atoms with Gasteiger partial charge in [-0.1, -0.05) is 0 Å². The number of nitrogens with one attached hydrogen (secondary N) is 1. The Hall–Kier alpha value is -1.36. The third-order valence-electron chi connectivity index (χ3n) is 2.52. The summed E-state index contributed by atoms with van der Waals surface area (Å²) in [6.45, 7) is 1.71. The van der Waals surface area contributed by atoms with Crippen molar-refractivity contribution in [2.75, 3.05) is 13.1 Å². The van der Waals surface area contributed by atoms with E-state index in [1.165, 1.54) is 4.68 Å². The molecule has 0 bridgehead atoms. The van der Waals surface area contributed by atoms with Gasteiger partial charge in [-0.25, -0.2) is 4.79 Å². The van der Waals surface area contributed by atoms with Gasteiger partial charge in [-0.15, -0.1) is 0 Å². The molecule has 1 aliphatic heterocycles. The highest BCUT2D eigenvalue weighted by Crippen LogP contribution is 2.16. The standard InChI is InChI=1S/C9H13N3O2/c1-12-8(9(13)14)6-2-4-10-5-3-7(6)11-12/h10H,2-5H2,1H3,(H,13,14). The van der Waals surface area contributed by atoms with Crippen molar-refractivity contribution in [3.05, 3.63) is 17.0 Å². The lowest BCUT2D eigenvalue weighted by Gasteiger charge is -2.00. The summed E-state index contributed by atoms with van der Waals surface area (Å²) < 4.78 is 1.47. The minimum Gasteiger partial charge on any atom is -0.477 e. The molecule has 2 rings (SSSR count). The highest BCUT2D eigenvalue weighted by atomic mass is 16.4. The van der Waals surface area contributed by atoms with E-state index in [1.54, 1.807) is 7.05 Å². The zero-order valence-electron chi connectivity index (χ0n) is 8.08. The second-order valence-corrected chi connectivity index (χ2v) is 3.45. The molecular formula is C9H13N3O2. The van der Waals surface area contributed by atoms with Crippen LogP contribution in [0, 0.1) is 0 Å². The van der Waals surface area contributed by atoms with Gasteiger partial charge in [0.25, 0.3) is 0 Å². The Labute approximate surface area is 81.7 Å². The molecule has 5 heteroatoms. The van der Waals surface area contributed by atoms with Crippen molar-refractivity contribution < 1.29 is 9.90 Å². The fourth-order valence-electron chi connectivity index (χ4n) is 1.90. The van der Waals surface area contributed by atoms with Crippen molar-refractivity contribution in [1.82, 2.24) is 15.1 Å². The third-order valence-corrected chi connectivity index (χ3v) is 2.52. The first kappa shape index (κ1) is 9.21. The number of rotatable bonds is 1. The number of aromatic carboxylic acids is 1. The van der Waals surface area contributed by atoms with Gasteiger partial charge in [0.15, 0.2) is 0 Å². The molecule has 0 aliphatic carbocycles. The van der Waals surface area contributed by atoms with Crippen LogP contribution < -0.4 is 5.32 Å². The lowest BCUT2D eigenvalue weighted by atomic mass is 10.1. The summed E-state index contributed by atoms with van der Waals surface area (Å²) in [5, 5.41) is 16.5. The topological polar surface area (TPSA) is 67.2 Å². The predicted octanol–water partition coefficient (Wildman–Crippen LogP) is -0.194.